The second-order valence-electron chi connectivity index (χ2n) is 15.9. The predicted octanol–water partition coefficient (Wildman–Crippen LogP) is 8.86. The second-order valence-corrected chi connectivity index (χ2v) is 16.4. The molecule has 14 heteroatoms. The summed E-state index contributed by atoms with van der Waals surface area (Å²) in [5.74, 6) is -6.64. The van der Waals surface area contributed by atoms with Gasteiger partial charge >= 0.3 is 0 Å². The molecule has 12 nitrogen and oxygen atoms in total. The highest BCUT2D eigenvalue weighted by atomic mass is 35.5. The molecule has 2 aliphatic heterocycles. The number of hydrogen-bond donors (Lipinski definition) is 2. The number of allylic oxidation sites excluding steroid dienone is 2. The summed E-state index contributed by atoms with van der Waals surface area (Å²) in [6.07, 6.45) is 2.11. The summed E-state index contributed by atoms with van der Waals surface area (Å²) in [6.45, 7) is 0. The fourth-order valence-electron chi connectivity index (χ4n) is 9.75. The van der Waals surface area contributed by atoms with Gasteiger partial charge in [-0.05, 0) is 127 Å². The smallest absolute Gasteiger partial charge is 0.260 e. The molecule has 2 saturated heterocycles. The van der Waals surface area contributed by atoms with Gasteiger partial charge < -0.3 is 14.7 Å². The SMILES string of the molecule is COc1ccc(O)c([C@H]2C3=CC[C@@H]4C(=O)N(c5ccc(N=Nc6ccc(N(C)C)cc6)cc5)C(=O)[C@@H]4[C@@H]3C[C@H]3C(=O)N(Nc4ccc(F)cc4)C(=O)[C@@]23c2ccc(Cl)cc2)c1. The zero-order valence-electron chi connectivity index (χ0n) is 33.3. The minimum absolute atomic E-state index is 0.0325. The fourth-order valence-corrected chi connectivity index (χ4v) is 9.87. The van der Waals surface area contributed by atoms with Crippen LogP contribution in [0.2, 0.25) is 5.02 Å². The number of nitrogens with zero attached hydrogens (tertiary/aromatic N) is 5. The number of ether oxygens (including phenoxy) is 1. The van der Waals surface area contributed by atoms with Gasteiger partial charge in [-0.3, -0.25) is 29.5 Å². The van der Waals surface area contributed by atoms with Crippen LogP contribution in [-0.2, 0) is 24.6 Å². The molecule has 2 heterocycles. The maximum absolute atomic E-state index is 15.4. The van der Waals surface area contributed by atoms with E-state index < -0.39 is 58.5 Å². The first-order valence-electron chi connectivity index (χ1n) is 19.8. The number of aromatic hydroxyl groups is 1. The molecular weight excluding hydrogens is 799 g/mol. The predicted molar refractivity (Wildman–Crippen MR) is 228 cm³/mol. The van der Waals surface area contributed by atoms with Crippen molar-refractivity contribution in [3.63, 3.8) is 0 Å². The summed E-state index contributed by atoms with van der Waals surface area (Å²) in [4.78, 5) is 62.6. The molecule has 308 valence electrons. The maximum atomic E-state index is 15.4. The molecule has 0 unspecified atom stereocenters. The number of phenols is 1. The van der Waals surface area contributed by atoms with Crippen molar-refractivity contribution < 1.29 is 33.4 Å². The molecule has 4 aliphatic rings. The lowest BCUT2D eigenvalue weighted by molar-refractivity contribution is -0.138. The summed E-state index contributed by atoms with van der Waals surface area (Å²) >= 11 is 6.39. The first-order valence-corrected chi connectivity index (χ1v) is 20.2. The number of anilines is 3. The van der Waals surface area contributed by atoms with Crippen LogP contribution >= 0.6 is 11.6 Å². The monoisotopic (exact) mass is 838 g/mol. The number of fused-ring (bicyclic) bond motifs is 4. The Labute approximate surface area is 355 Å². The lowest BCUT2D eigenvalue weighted by Crippen LogP contribution is -2.53. The molecule has 1 saturated carbocycles. The van der Waals surface area contributed by atoms with Crippen molar-refractivity contribution in [1.82, 2.24) is 5.01 Å². The van der Waals surface area contributed by atoms with Crippen molar-refractivity contribution in [1.29, 1.82) is 0 Å². The van der Waals surface area contributed by atoms with Gasteiger partial charge in [-0.25, -0.2) is 4.39 Å². The van der Waals surface area contributed by atoms with Gasteiger partial charge in [-0.2, -0.15) is 15.2 Å². The van der Waals surface area contributed by atoms with Crippen LogP contribution in [0.25, 0.3) is 0 Å². The summed E-state index contributed by atoms with van der Waals surface area (Å²) in [6, 6.07) is 30.9. The highest BCUT2D eigenvalue weighted by Gasteiger charge is 2.70. The number of benzene rings is 5. The fraction of sp³-hybridized carbons (Fsp3) is 0.234. The summed E-state index contributed by atoms with van der Waals surface area (Å²) < 4.78 is 19.6. The van der Waals surface area contributed by atoms with E-state index in [0.29, 0.717) is 50.2 Å². The third-order valence-corrected chi connectivity index (χ3v) is 12.8. The Hall–Kier alpha value is -6.86. The molecule has 2 aliphatic carbocycles. The van der Waals surface area contributed by atoms with Crippen LogP contribution in [0.3, 0.4) is 0 Å². The molecule has 0 bridgehead atoms. The molecule has 0 spiro atoms. The van der Waals surface area contributed by atoms with E-state index in [1.54, 1.807) is 60.7 Å². The zero-order valence-corrected chi connectivity index (χ0v) is 34.1. The number of methoxy groups -OCH3 is 1. The average Bonchev–Trinajstić information content (AvgIpc) is 3.65. The van der Waals surface area contributed by atoms with E-state index in [1.807, 2.05) is 49.3 Å². The Bertz CT molecular complexity index is 2640. The molecule has 5 aromatic rings. The first kappa shape index (κ1) is 39.6. The minimum Gasteiger partial charge on any atom is -0.508 e. The summed E-state index contributed by atoms with van der Waals surface area (Å²) in [5, 5.41) is 21.7. The van der Waals surface area contributed by atoms with Gasteiger partial charge in [0.1, 0.15) is 17.3 Å². The normalized spacial score (nSPS) is 24.4. The highest BCUT2D eigenvalue weighted by Crippen LogP contribution is 2.65. The lowest BCUT2D eigenvalue weighted by Gasteiger charge is -2.50. The number of carbonyl (C=O) groups is 4. The van der Waals surface area contributed by atoms with Gasteiger partial charge in [0, 0.05) is 36.3 Å². The van der Waals surface area contributed by atoms with E-state index in [-0.39, 0.29) is 24.5 Å². The van der Waals surface area contributed by atoms with Gasteiger partial charge in [0.05, 0.1) is 53.0 Å². The highest BCUT2D eigenvalue weighted by molar-refractivity contribution is 6.30. The van der Waals surface area contributed by atoms with Crippen LogP contribution in [0.1, 0.15) is 29.9 Å². The summed E-state index contributed by atoms with van der Waals surface area (Å²) in [7, 11) is 5.39. The molecule has 6 atom stereocenters. The van der Waals surface area contributed by atoms with Gasteiger partial charge in [0.2, 0.25) is 11.8 Å². The minimum atomic E-state index is -1.67. The first-order chi connectivity index (χ1) is 29.4. The van der Waals surface area contributed by atoms with Crippen molar-refractivity contribution in [3.8, 4) is 11.5 Å². The molecule has 9 rings (SSSR count). The van der Waals surface area contributed by atoms with Gasteiger partial charge in [0.15, 0.2) is 0 Å². The van der Waals surface area contributed by atoms with Crippen molar-refractivity contribution in [2.24, 2.45) is 33.9 Å². The Kier molecular flexibility index (Phi) is 9.94. The van der Waals surface area contributed by atoms with Crippen molar-refractivity contribution in [2.45, 2.75) is 24.2 Å². The zero-order chi connectivity index (χ0) is 42.7. The molecule has 2 N–H and O–H groups in total. The van der Waals surface area contributed by atoms with Crippen molar-refractivity contribution in [2.75, 3.05) is 36.4 Å². The Morgan fingerprint density at radius 1 is 0.820 bits per heavy atom. The number of phenolic OH excluding ortho intramolecular Hbond substituents is 1. The molecule has 61 heavy (non-hydrogen) atoms. The van der Waals surface area contributed by atoms with Crippen molar-refractivity contribution >= 4 is 63.7 Å². The van der Waals surface area contributed by atoms with Gasteiger partial charge in [-0.1, -0.05) is 35.4 Å². The lowest BCUT2D eigenvalue weighted by atomic mass is 9.49. The van der Waals surface area contributed by atoms with E-state index in [2.05, 4.69) is 15.7 Å². The number of imide groups is 2. The van der Waals surface area contributed by atoms with E-state index in [9.17, 15) is 23.9 Å². The van der Waals surface area contributed by atoms with Crippen LogP contribution in [0.4, 0.5) is 32.8 Å². The topological polar surface area (TPSA) is 144 Å². The number of carbonyl (C=O) groups excluding carboxylic acids is 4. The van der Waals surface area contributed by atoms with Gasteiger partial charge in [-0.15, -0.1) is 0 Å². The van der Waals surface area contributed by atoms with Crippen LogP contribution in [-0.4, -0.2) is 54.9 Å². The van der Waals surface area contributed by atoms with E-state index in [1.165, 1.54) is 42.3 Å². The molecule has 0 aromatic heterocycles. The number of hydrogen-bond acceptors (Lipinski definition) is 10. The second kappa shape index (κ2) is 15.3. The van der Waals surface area contributed by atoms with E-state index in [4.69, 9.17) is 16.3 Å². The Morgan fingerprint density at radius 2 is 1.48 bits per heavy atom. The molecule has 5 aromatic carbocycles. The number of nitrogens with one attached hydrogen (secondary N) is 1. The Morgan fingerprint density at radius 3 is 2.11 bits per heavy atom. The number of hydrazine groups is 1. The third-order valence-electron chi connectivity index (χ3n) is 12.6. The molecule has 0 radical (unpaired) electrons. The number of rotatable bonds is 9. The van der Waals surface area contributed by atoms with Crippen LogP contribution in [0, 0.1) is 29.5 Å². The average molecular weight is 839 g/mol. The van der Waals surface area contributed by atoms with Crippen molar-refractivity contribution in [3.05, 3.63) is 149 Å². The standard InChI is InChI=1S/C47H40ClFN6O6/c1-53(2)32-16-12-29(13-17-32)50-51-30-14-18-33(19-15-30)54-43(57)36-22-21-35-37(41(36)45(54)59)25-39-44(58)55(52-31-10-8-28(49)9-11-31)46(60)47(39,26-4-6-27(48)7-5-26)42(35)38-24-34(61-3)20-23-40(38)56/h4-21,23-24,36-37,39,41-42,52,56H,22,25H2,1-3H3/t36-,37+,39-,41-,42+,47+/m0/s1. The maximum Gasteiger partial charge on any atom is 0.260 e. The number of amides is 4. The van der Waals surface area contributed by atoms with Crippen LogP contribution in [0.15, 0.2) is 137 Å². The van der Waals surface area contributed by atoms with Crippen LogP contribution < -0.4 is 20.0 Å². The van der Waals surface area contributed by atoms with E-state index >= 15 is 4.79 Å². The quantitative estimate of drug-likeness (QED) is 0.0852. The molecule has 3 fully saturated rings. The van der Waals surface area contributed by atoms with E-state index in [0.717, 1.165) is 10.7 Å². The van der Waals surface area contributed by atoms with Gasteiger partial charge in [0.25, 0.3) is 11.8 Å². The number of halogens is 2. The Balaban J connectivity index is 1.12. The number of azo groups is 1. The molecular formula is C47H40ClFN6O6. The van der Waals surface area contributed by atoms with Crippen LogP contribution in [0.5, 0.6) is 11.5 Å². The summed E-state index contributed by atoms with van der Waals surface area (Å²) in [5.41, 5.74) is 5.57. The third kappa shape index (κ3) is 6.51. The largest absolute Gasteiger partial charge is 0.508 e. The molecule has 4 amide bonds.